The number of halogens is 9. The van der Waals surface area contributed by atoms with E-state index in [1.807, 2.05) is 0 Å². The number of aryl methyl sites for hydroxylation is 1. The van der Waals surface area contributed by atoms with Gasteiger partial charge in [0.25, 0.3) is 0 Å². The number of benzene rings is 3. The average Bonchev–Trinajstić information content (AvgIpc) is 2.82. The minimum Gasteiger partial charge on any atom is -0.240 e. The molecule has 202 valence electrons. The Morgan fingerprint density at radius 1 is 0.649 bits per heavy atom. The third-order valence-corrected chi connectivity index (χ3v) is 10.4. The predicted molar refractivity (Wildman–Crippen MR) is 119 cm³/mol. The molecule has 1 unspecified atom stereocenters. The van der Waals surface area contributed by atoms with E-state index < -0.39 is 43.7 Å². The molecule has 1 N–H and O–H groups in total. The van der Waals surface area contributed by atoms with Gasteiger partial charge in [0.1, 0.15) is 0 Å². The van der Waals surface area contributed by atoms with Gasteiger partial charge in [0, 0.05) is 0 Å². The van der Waals surface area contributed by atoms with E-state index >= 15 is 0 Å². The lowest BCUT2D eigenvalue weighted by molar-refractivity contribution is -0.382. The maximum absolute atomic E-state index is 14.8. The largest absolute Gasteiger partial charge is 0.497 e. The fraction of sp³-hybridized carbons (Fsp3) is 0.217. The number of alkyl halides is 9. The van der Waals surface area contributed by atoms with Crippen molar-refractivity contribution in [3.05, 3.63) is 90.5 Å². The second-order valence-corrected chi connectivity index (χ2v) is 12.2. The molecule has 0 saturated heterocycles. The molecule has 3 nitrogen and oxygen atoms in total. The first-order valence-corrected chi connectivity index (χ1v) is 13.1. The first-order chi connectivity index (χ1) is 16.9. The molecule has 0 spiro atoms. The fourth-order valence-electron chi connectivity index (χ4n) is 3.25. The van der Waals surface area contributed by atoms with Crippen molar-refractivity contribution in [3.63, 3.8) is 0 Å². The first-order valence-electron chi connectivity index (χ1n) is 10.1. The molecular formula is C23H18F9O3S2+. The van der Waals surface area contributed by atoms with Crippen LogP contribution < -0.4 is 0 Å². The van der Waals surface area contributed by atoms with E-state index in [1.165, 1.54) is 78.9 Å². The van der Waals surface area contributed by atoms with E-state index in [9.17, 15) is 48.3 Å². The summed E-state index contributed by atoms with van der Waals surface area (Å²) in [4.78, 5) is -0.293. The van der Waals surface area contributed by atoms with Gasteiger partial charge in [-0.15, -0.1) is 7.49 Å². The molecule has 0 aliphatic heterocycles. The van der Waals surface area contributed by atoms with Crippen LogP contribution in [-0.2, 0) is 13.4 Å². The number of rotatable bonds is 7. The van der Waals surface area contributed by atoms with Crippen LogP contribution in [0.1, 0.15) is 5.56 Å². The van der Waals surface area contributed by atoms with Crippen molar-refractivity contribution in [2.24, 2.45) is 0 Å². The summed E-state index contributed by atoms with van der Waals surface area (Å²) >= 11 is 0. The first kappa shape index (κ1) is 28.9. The van der Waals surface area contributed by atoms with E-state index in [-0.39, 0.29) is 14.7 Å². The van der Waals surface area contributed by atoms with Crippen molar-refractivity contribution < 1.29 is 51.6 Å². The zero-order chi connectivity index (χ0) is 27.9. The molecule has 0 aliphatic rings. The van der Waals surface area contributed by atoms with Crippen molar-refractivity contribution in [1.82, 2.24) is 0 Å². The summed E-state index contributed by atoms with van der Waals surface area (Å²) < 4.78 is 151. The highest BCUT2D eigenvalue weighted by Gasteiger charge is 2.88. The van der Waals surface area contributed by atoms with Gasteiger partial charge in [-0.2, -0.15) is 39.5 Å². The van der Waals surface area contributed by atoms with E-state index in [0.29, 0.717) is 5.56 Å². The number of hydrogen-bond donors (Lipinski definition) is 1. The van der Waals surface area contributed by atoms with Crippen molar-refractivity contribution in [2.75, 3.05) is 0 Å². The molecule has 0 aliphatic carbocycles. The molecule has 0 heterocycles. The van der Waals surface area contributed by atoms with Crippen LogP contribution >= 0.6 is 10.3 Å². The Kier molecular flexibility index (Phi) is 7.45. The van der Waals surface area contributed by atoms with Crippen LogP contribution in [0.4, 0.5) is 39.5 Å². The van der Waals surface area contributed by atoms with Gasteiger partial charge in [-0.3, -0.25) is 0 Å². The lowest BCUT2D eigenvalue weighted by Crippen LogP contribution is -2.63. The van der Waals surface area contributed by atoms with Crippen LogP contribution in [0.5, 0.6) is 0 Å². The maximum atomic E-state index is 14.8. The third kappa shape index (κ3) is 4.70. The molecule has 37 heavy (non-hydrogen) atoms. The Morgan fingerprint density at radius 2 is 1.08 bits per heavy atom. The van der Waals surface area contributed by atoms with Gasteiger partial charge in [-0.1, -0.05) is 48.5 Å². The van der Waals surface area contributed by atoms with E-state index in [4.69, 9.17) is 3.29 Å². The molecule has 3 aromatic carbocycles. The van der Waals surface area contributed by atoms with Gasteiger partial charge in [0.2, 0.25) is 0 Å². The van der Waals surface area contributed by atoms with E-state index in [1.54, 1.807) is 13.0 Å². The zero-order valence-corrected chi connectivity index (χ0v) is 20.2. The Morgan fingerprint density at radius 3 is 1.49 bits per heavy atom. The molecule has 14 heteroatoms. The summed E-state index contributed by atoms with van der Waals surface area (Å²) in [6.07, 6.45) is -7.17. The summed E-state index contributed by atoms with van der Waals surface area (Å²) in [6, 6.07) is 18.9. The SMILES string of the molecule is Cc1cccc(S([O+]=S(=O)(O)C(F)(F)C(F)(F)C(F)(F)C(F)(F)F)(c2ccccc2)c2ccccc2)c1. The normalized spacial score (nSPS) is 15.6. The Balaban J connectivity index is 2.49. The molecule has 3 aromatic rings. The van der Waals surface area contributed by atoms with Crippen molar-refractivity contribution in [1.29, 1.82) is 0 Å². The third-order valence-electron chi connectivity index (χ3n) is 5.11. The van der Waals surface area contributed by atoms with Crippen LogP contribution in [0.25, 0.3) is 0 Å². The van der Waals surface area contributed by atoms with Crippen LogP contribution in [0.15, 0.2) is 99.6 Å². The summed E-state index contributed by atoms with van der Waals surface area (Å²) in [5, 5.41) is -6.90. The molecule has 0 bridgehead atoms. The second kappa shape index (κ2) is 9.55. The second-order valence-electron chi connectivity index (χ2n) is 7.71. The standard InChI is InChI=1S/C23H17F9O3S2/c1-16-9-8-14-19(15-16)36(17-10-4-2-5-11-17,18-12-6-3-7-13-18)35-37(33,34)23(31,32)21(26,27)20(24,25)22(28,29)30/h2-15H,1H3/p+1. The molecular weight excluding hydrogens is 559 g/mol. The van der Waals surface area contributed by atoms with Crippen molar-refractivity contribution in [3.8, 4) is 0 Å². The lowest BCUT2D eigenvalue weighted by Gasteiger charge is -2.31. The van der Waals surface area contributed by atoms with E-state index in [0.717, 1.165) is 0 Å². The van der Waals surface area contributed by atoms with Crippen LogP contribution in [-0.4, -0.2) is 32.0 Å². The Hall–Kier alpha value is -2.71. The Bertz CT molecular complexity index is 1330. The molecule has 0 fully saturated rings. The summed E-state index contributed by atoms with van der Waals surface area (Å²) in [7, 11) is -10.9. The maximum Gasteiger partial charge on any atom is 0.497 e. The van der Waals surface area contributed by atoms with Gasteiger partial charge in [-0.25, -0.2) is 4.55 Å². The van der Waals surface area contributed by atoms with E-state index in [2.05, 4.69) is 0 Å². The quantitative estimate of drug-likeness (QED) is 0.175. The van der Waals surface area contributed by atoms with Crippen LogP contribution in [0, 0.1) is 6.92 Å². The molecule has 1 atom stereocenters. The molecule has 0 amide bonds. The Labute approximate surface area is 207 Å². The lowest BCUT2D eigenvalue weighted by atomic mass is 10.1. The highest BCUT2D eigenvalue weighted by atomic mass is 32.3. The minimum atomic E-state index is -7.38. The summed E-state index contributed by atoms with van der Waals surface area (Å²) in [5.74, 6) is -14.7. The minimum absolute atomic E-state index is 0.0895. The van der Waals surface area contributed by atoms with Gasteiger partial charge in [0.15, 0.2) is 10.3 Å². The zero-order valence-electron chi connectivity index (χ0n) is 18.6. The van der Waals surface area contributed by atoms with Crippen molar-refractivity contribution >= 4 is 20.4 Å². The molecule has 3 rings (SSSR count). The molecule has 0 saturated carbocycles. The van der Waals surface area contributed by atoms with Crippen LogP contribution in [0.2, 0.25) is 0 Å². The summed E-state index contributed by atoms with van der Waals surface area (Å²) in [6.45, 7) is 1.55. The highest BCUT2D eigenvalue weighted by molar-refractivity contribution is 8.30. The monoisotopic (exact) mass is 577 g/mol. The predicted octanol–water partition coefficient (Wildman–Crippen LogP) is 8.26. The topological polar surface area (TPSA) is 48.6 Å². The molecule has 0 aromatic heterocycles. The fourth-order valence-corrected chi connectivity index (χ4v) is 8.61. The van der Waals surface area contributed by atoms with Gasteiger partial charge < -0.3 is 0 Å². The summed E-state index contributed by atoms with van der Waals surface area (Å²) in [5.41, 5.74) is 0.468. The highest BCUT2D eigenvalue weighted by Crippen LogP contribution is 2.68. The van der Waals surface area contributed by atoms with Gasteiger partial charge in [-0.05, 0) is 48.9 Å². The van der Waals surface area contributed by atoms with Gasteiger partial charge >= 0.3 is 33.4 Å². The van der Waals surface area contributed by atoms with Gasteiger partial charge in [0.05, 0.1) is 14.7 Å². The smallest absolute Gasteiger partial charge is 0.240 e. The molecule has 0 radical (unpaired) electrons. The van der Waals surface area contributed by atoms with Crippen molar-refractivity contribution in [2.45, 2.75) is 44.9 Å². The van der Waals surface area contributed by atoms with Crippen LogP contribution in [0.3, 0.4) is 0 Å². The average molecular weight is 578 g/mol. The number of hydrogen-bond acceptors (Lipinski definition) is 1.